The summed E-state index contributed by atoms with van der Waals surface area (Å²) in [6, 6.07) is 4.69. The molecule has 0 bridgehead atoms. The van der Waals surface area contributed by atoms with Crippen molar-refractivity contribution >= 4 is 0 Å². The van der Waals surface area contributed by atoms with E-state index in [2.05, 4.69) is 37.1 Å². The van der Waals surface area contributed by atoms with Crippen LogP contribution in [-0.4, -0.2) is 11.0 Å². The zero-order chi connectivity index (χ0) is 11.1. The van der Waals surface area contributed by atoms with Gasteiger partial charge in [-0.3, -0.25) is 4.98 Å². The van der Waals surface area contributed by atoms with E-state index in [1.54, 1.807) is 0 Å². The van der Waals surface area contributed by atoms with Crippen LogP contribution < -0.4 is 5.32 Å². The molecule has 15 heavy (non-hydrogen) atoms. The number of aromatic nitrogens is 1. The molecule has 1 atom stereocenters. The van der Waals surface area contributed by atoms with Gasteiger partial charge in [0.2, 0.25) is 0 Å². The molecule has 0 saturated heterocycles. The number of pyridine rings is 1. The van der Waals surface area contributed by atoms with Crippen LogP contribution in [0.2, 0.25) is 0 Å². The molecule has 0 amide bonds. The van der Waals surface area contributed by atoms with E-state index in [0.717, 1.165) is 6.54 Å². The van der Waals surface area contributed by atoms with E-state index in [0.29, 0.717) is 6.04 Å². The average Bonchev–Trinajstić information content (AvgIpc) is 2.25. The highest BCUT2D eigenvalue weighted by atomic mass is 14.9. The third-order valence-electron chi connectivity index (χ3n) is 2.73. The standard InChI is InChI=1S/C13H22N2/c1-4-5-8-12(3)15-10-13-11(2)7-6-9-14-13/h6-7,9,12,15H,4-5,8,10H2,1-3H3. The quantitative estimate of drug-likeness (QED) is 0.773. The van der Waals surface area contributed by atoms with Crippen molar-refractivity contribution in [1.82, 2.24) is 10.3 Å². The van der Waals surface area contributed by atoms with Crippen molar-refractivity contribution in [3.05, 3.63) is 29.6 Å². The lowest BCUT2D eigenvalue weighted by Gasteiger charge is -2.13. The Hall–Kier alpha value is -0.890. The van der Waals surface area contributed by atoms with Gasteiger partial charge in [-0.1, -0.05) is 25.8 Å². The molecule has 1 aromatic heterocycles. The number of rotatable bonds is 6. The Kier molecular flexibility index (Phi) is 5.33. The Labute approximate surface area is 93.1 Å². The molecule has 1 aromatic rings. The fourth-order valence-corrected chi connectivity index (χ4v) is 1.59. The number of hydrogen-bond acceptors (Lipinski definition) is 2. The summed E-state index contributed by atoms with van der Waals surface area (Å²) < 4.78 is 0. The van der Waals surface area contributed by atoms with Gasteiger partial charge in [-0.05, 0) is 31.9 Å². The van der Waals surface area contributed by atoms with Crippen LogP contribution in [0.1, 0.15) is 44.4 Å². The normalized spacial score (nSPS) is 12.7. The summed E-state index contributed by atoms with van der Waals surface area (Å²) in [5, 5.41) is 3.51. The van der Waals surface area contributed by atoms with Crippen LogP contribution in [0.4, 0.5) is 0 Å². The fourth-order valence-electron chi connectivity index (χ4n) is 1.59. The summed E-state index contributed by atoms with van der Waals surface area (Å²) in [7, 11) is 0. The van der Waals surface area contributed by atoms with Crippen LogP contribution in [0.25, 0.3) is 0 Å². The first-order chi connectivity index (χ1) is 7.24. The van der Waals surface area contributed by atoms with E-state index >= 15 is 0 Å². The van der Waals surface area contributed by atoms with Gasteiger partial charge in [0.05, 0.1) is 5.69 Å². The van der Waals surface area contributed by atoms with Crippen molar-refractivity contribution in [3.8, 4) is 0 Å². The number of nitrogens with one attached hydrogen (secondary N) is 1. The lowest BCUT2D eigenvalue weighted by Crippen LogP contribution is -2.26. The van der Waals surface area contributed by atoms with Crippen LogP contribution in [0.3, 0.4) is 0 Å². The Morgan fingerprint density at radius 1 is 1.47 bits per heavy atom. The fraction of sp³-hybridized carbons (Fsp3) is 0.615. The molecule has 1 N–H and O–H groups in total. The van der Waals surface area contributed by atoms with Crippen molar-refractivity contribution in [2.24, 2.45) is 0 Å². The van der Waals surface area contributed by atoms with Gasteiger partial charge in [0, 0.05) is 18.8 Å². The van der Waals surface area contributed by atoms with Gasteiger partial charge in [-0.2, -0.15) is 0 Å². The molecule has 2 nitrogen and oxygen atoms in total. The van der Waals surface area contributed by atoms with Crippen molar-refractivity contribution in [3.63, 3.8) is 0 Å². The van der Waals surface area contributed by atoms with Crippen LogP contribution in [0.5, 0.6) is 0 Å². The predicted molar refractivity (Wildman–Crippen MR) is 64.8 cm³/mol. The van der Waals surface area contributed by atoms with Gasteiger partial charge in [0.1, 0.15) is 0 Å². The Morgan fingerprint density at radius 3 is 2.93 bits per heavy atom. The maximum absolute atomic E-state index is 4.37. The topological polar surface area (TPSA) is 24.9 Å². The van der Waals surface area contributed by atoms with Gasteiger partial charge in [0.25, 0.3) is 0 Å². The first-order valence-electron chi connectivity index (χ1n) is 5.88. The Morgan fingerprint density at radius 2 is 2.27 bits per heavy atom. The molecular weight excluding hydrogens is 184 g/mol. The molecule has 0 saturated carbocycles. The van der Waals surface area contributed by atoms with Gasteiger partial charge in [-0.25, -0.2) is 0 Å². The zero-order valence-corrected chi connectivity index (χ0v) is 10.1. The second-order valence-corrected chi connectivity index (χ2v) is 4.19. The SMILES string of the molecule is CCCCC(C)NCc1ncccc1C. The first-order valence-corrected chi connectivity index (χ1v) is 5.88. The van der Waals surface area contributed by atoms with E-state index in [-0.39, 0.29) is 0 Å². The van der Waals surface area contributed by atoms with Crippen LogP contribution in [0.15, 0.2) is 18.3 Å². The Balaban J connectivity index is 2.33. The maximum Gasteiger partial charge on any atom is 0.0570 e. The molecular formula is C13H22N2. The van der Waals surface area contributed by atoms with Gasteiger partial charge in [0.15, 0.2) is 0 Å². The average molecular weight is 206 g/mol. The molecule has 0 fully saturated rings. The second-order valence-electron chi connectivity index (χ2n) is 4.19. The maximum atomic E-state index is 4.37. The molecule has 2 heteroatoms. The monoisotopic (exact) mass is 206 g/mol. The molecule has 0 radical (unpaired) electrons. The van der Waals surface area contributed by atoms with E-state index in [1.807, 2.05) is 12.3 Å². The predicted octanol–water partition coefficient (Wildman–Crippen LogP) is 3.06. The summed E-state index contributed by atoms with van der Waals surface area (Å²) in [6.45, 7) is 7.47. The van der Waals surface area contributed by atoms with Crippen LogP contribution in [0, 0.1) is 6.92 Å². The number of hydrogen-bond donors (Lipinski definition) is 1. The molecule has 0 aromatic carbocycles. The van der Waals surface area contributed by atoms with Gasteiger partial charge < -0.3 is 5.32 Å². The summed E-state index contributed by atoms with van der Waals surface area (Å²) in [5.74, 6) is 0. The van der Waals surface area contributed by atoms with E-state index in [4.69, 9.17) is 0 Å². The summed E-state index contributed by atoms with van der Waals surface area (Å²) in [6.07, 6.45) is 5.69. The summed E-state index contributed by atoms with van der Waals surface area (Å²) >= 11 is 0. The number of unbranched alkanes of at least 4 members (excludes halogenated alkanes) is 1. The molecule has 0 spiro atoms. The zero-order valence-electron chi connectivity index (χ0n) is 10.1. The lowest BCUT2D eigenvalue weighted by atomic mass is 10.1. The van der Waals surface area contributed by atoms with Crippen LogP contribution >= 0.6 is 0 Å². The van der Waals surface area contributed by atoms with Crippen molar-refractivity contribution in [2.75, 3.05) is 0 Å². The van der Waals surface area contributed by atoms with Crippen molar-refractivity contribution < 1.29 is 0 Å². The summed E-state index contributed by atoms with van der Waals surface area (Å²) in [4.78, 5) is 4.37. The van der Waals surface area contributed by atoms with Crippen molar-refractivity contribution in [2.45, 2.75) is 52.6 Å². The molecule has 1 rings (SSSR count). The minimum Gasteiger partial charge on any atom is -0.309 e. The van der Waals surface area contributed by atoms with E-state index in [9.17, 15) is 0 Å². The number of nitrogens with zero attached hydrogens (tertiary/aromatic N) is 1. The van der Waals surface area contributed by atoms with E-state index in [1.165, 1.54) is 30.5 Å². The first kappa shape index (κ1) is 12.2. The molecule has 0 aliphatic rings. The molecule has 0 aliphatic heterocycles. The minimum absolute atomic E-state index is 0.589. The van der Waals surface area contributed by atoms with Gasteiger partial charge in [-0.15, -0.1) is 0 Å². The van der Waals surface area contributed by atoms with Gasteiger partial charge >= 0.3 is 0 Å². The highest BCUT2D eigenvalue weighted by Crippen LogP contribution is 2.04. The van der Waals surface area contributed by atoms with Crippen molar-refractivity contribution in [1.29, 1.82) is 0 Å². The van der Waals surface area contributed by atoms with E-state index < -0.39 is 0 Å². The third-order valence-corrected chi connectivity index (χ3v) is 2.73. The largest absolute Gasteiger partial charge is 0.309 e. The Bertz CT molecular complexity index is 284. The number of aryl methyl sites for hydroxylation is 1. The minimum atomic E-state index is 0.589. The highest BCUT2D eigenvalue weighted by molar-refractivity contribution is 5.17. The van der Waals surface area contributed by atoms with Crippen LogP contribution in [-0.2, 0) is 6.54 Å². The highest BCUT2D eigenvalue weighted by Gasteiger charge is 2.02. The molecule has 1 unspecified atom stereocenters. The molecule has 0 aliphatic carbocycles. The lowest BCUT2D eigenvalue weighted by molar-refractivity contribution is 0.490. The molecule has 84 valence electrons. The summed E-state index contributed by atoms with van der Waals surface area (Å²) in [5.41, 5.74) is 2.44. The third kappa shape index (κ3) is 4.43. The smallest absolute Gasteiger partial charge is 0.0570 e. The second kappa shape index (κ2) is 6.57. The molecule has 1 heterocycles.